The van der Waals surface area contributed by atoms with Gasteiger partial charge >= 0.3 is 6.18 Å². The highest BCUT2D eigenvalue weighted by atomic mass is 32.2. The lowest BCUT2D eigenvalue weighted by atomic mass is 9.99. The number of anilines is 1. The van der Waals surface area contributed by atoms with Gasteiger partial charge in [-0.3, -0.25) is 9.69 Å². The lowest BCUT2D eigenvalue weighted by Crippen LogP contribution is -2.48. The zero-order chi connectivity index (χ0) is 26.1. The molecule has 196 valence electrons. The first-order valence-electron chi connectivity index (χ1n) is 11.9. The van der Waals surface area contributed by atoms with Gasteiger partial charge in [0.25, 0.3) is 0 Å². The summed E-state index contributed by atoms with van der Waals surface area (Å²) in [5.74, 6) is -0.0571. The maximum Gasteiger partial charge on any atom is 0.416 e. The number of carbonyl (C=O) groups is 1. The minimum Gasteiger partial charge on any atom is -0.368 e. The van der Waals surface area contributed by atoms with Gasteiger partial charge in [-0.2, -0.15) is 17.5 Å². The average Bonchev–Trinajstić information content (AvgIpc) is 2.83. The number of fused-ring (bicyclic) bond motifs is 1. The third-order valence-electron chi connectivity index (χ3n) is 6.88. The van der Waals surface area contributed by atoms with E-state index < -0.39 is 21.8 Å². The maximum atomic E-state index is 12.9. The number of alkyl halides is 3. The molecule has 0 saturated carbocycles. The van der Waals surface area contributed by atoms with Crippen molar-refractivity contribution in [3.8, 4) is 0 Å². The molecule has 11 heteroatoms. The Morgan fingerprint density at radius 3 is 2.25 bits per heavy atom. The second-order valence-corrected chi connectivity index (χ2v) is 11.5. The molecule has 0 radical (unpaired) electrons. The molecule has 0 spiro atoms. The van der Waals surface area contributed by atoms with Crippen molar-refractivity contribution < 1.29 is 26.4 Å². The summed E-state index contributed by atoms with van der Waals surface area (Å²) in [6.07, 6.45) is -3.69. The molecule has 1 fully saturated rings. The molecule has 1 saturated heterocycles. The van der Waals surface area contributed by atoms with Gasteiger partial charge in [0.2, 0.25) is 15.9 Å². The molecule has 0 bridgehead atoms. The number of rotatable bonds is 6. The Labute approximate surface area is 210 Å². The Kier molecular flexibility index (Phi) is 7.63. The quantitative estimate of drug-likeness (QED) is 0.581. The molecule has 0 atom stereocenters. The van der Waals surface area contributed by atoms with E-state index in [0.29, 0.717) is 31.7 Å². The highest BCUT2D eigenvalue weighted by Gasteiger charge is 2.30. The Morgan fingerprint density at radius 1 is 0.972 bits per heavy atom. The van der Waals surface area contributed by atoms with Gasteiger partial charge in [-0.05, 0) is 47.4 Å². The van der Waals surface area contributed by atoms with E-state index in [1.54, 1.807) is 6.92 Å². The van der Waals surface area contributed by atoms with Gasteiger partial charge in [0.05, 0.1) is 5.56 Å². The predicted molar refractivity (Wildman–Crippen MR) is 132 cm³/mol. The molecule has 1 amide bonds. The SMILES string of the molecule is CC(=O)N1CCN(c2ccc3c(c2)CCN(CS(=O)(=O)N(C)Cc2ccc(C(F)(F)F)cc2)C3)CC1. The molecule has 0 aliphatic carbocycles. The van der Waals surface area contributed by atoms with E-state index >= 15 is 0 Å². The molecule has 2 aromatic carbocycles. The average molecular weight is 525 g/mol. The maximum absolute atomic E-state index is 12.9. The zero-order valence-electron chi connectivity index (χ0n) is 20.5. The Morgan fingerprint density at radius 2 is 1.64 bits per heavy atom. The topological polar surface area (TPSA) is 64.2 Å². The summed E-state index contributed by atoms with van der Waals surface area (Å²) in [6, 6.07) is 10.8. The molecular weight excluding hydrogens is 493 g/mol. The first-order chi connectivity index (χ1) is 16.9. The van der Waals surface area contributed by atoms with Crippen molar-refractivity contribution in [3.63, 3.8) is 0 Å². The summed E-state index contributed by atoms with van der Waals surface area (Å²) in [5.41, 5.74) is 3.15. The largest absolute Gasteiger partial charge is 0.416 e. The summed E-state index contributed by atoms with van der Waals surface area (Å²) in [6.45, 7) is 5.69. The van der Waals surface area contributed by atoms with Crippen molar-refractivity contribution >= 4 is 21.6 Å². The van der Waals surface area contributed by atoms with Crippen molar-refractivity contribution in [2.45, 2.75) is 32.6 Å². The standard InChI is InChI=1S/C25H31F3N4O3S/c1-19(33)31-11-13-32(14-12-31)24-8-5-22-17-30(10-9-21(22)15-24)18-36(34,35)29(2)16-20-3-6-23(7-4-20)25(26,27)28/h3-8,15H,9-14,16-18H2,1-2H3. The van der Waals surface area contributed by atoms with Crippen LogP contribution in [0.25, 0.3) is 0 Å². The van der Waals surface area contributed by atoms with E-state index in [1.807, 2.05) is 15.9 Å². The molecule has 36 heavy (non-hydrogen) atoms. The summed E-state index contributed by atoms with van der Waals surface area (Å²) in [4.78, 5) is 17.6. The predicted octanol–water partition coefficient (Wildman–Crippen LogP) is 3.15. The van der Waals surface area contributed by atoms with E-state index in [4.69, 9.17) is 0 Å². The number of hydrogen-bond acceptors (Lipinski definition) is 5. The van der Waals surface area contributed by atoms with Crippen molar-refractivity contribution in [3.05, 3.63) is 64.7 Å². The zero-order valence-corrected chi connectivity index (χ0v) is 21.3. The number of piperazine rings is 1. The smallest absolute Gasteiger partial charge is 0.368 e. The lowest BCUT2D eigenvalue weighted by molar-refractivity contribution is -0.137. The summed E-state index contributed by atoms with van der Waals surface area (Å²) >= 11 is 0. The van der Waals surface area contributed by atoms with Gasteiger partial charge in [-0.1, -0.05) is 18.2 Å². The first-order valence-corrected chi connectivity index (χ1v) is 13.5. The van der Waals surface area contributed by atoms with Crippen LogP contribution in [0.1, 0.15) is 29.2 Å². The van der Waals surface area contributed by atoms with Gasteiger partial charge in [0, 0.05) is 65.5 Å². The van der Waals surface area contributed by atoms with Crippen molar-refractivity contribution in [2.75, 3.05) is 50.5 Å². The highest BCUT2D eigenvalue weighted by Crippen LogP contribution is 2.29. The molecule has 0 N–H and O–H groups in total. The number of benzene rings is 2. The summed E-state index contributed by atoms with van der Waals surface area (Å²) in [7, 11) is -2.19. The van der Waals surface area contributed by atoms with Crippen LogP contribution in [-0.4, -0.2) is 74.1 Å². The van der Waals surface area contributed by atoms with Gasteiger partial charge in [0.15, 0.2) is 0 Å². The minimum atomic E-state index is -4.42. The van der Waals surface area contributed by atoms with Crippen LogP contribution in [0.15, 0.2) is 42.5 Å². The second-order valence-electron chi connectivity index (χ2n) is 9.44. The number of amides is 1. The van der Waals surface area contributed by atoms with Gasteiger partial charge in [-0.15, -0.1) is 0 Å². The van der Waals surface area contributed by atoms with Gasteiger partial charge < -0.3 is 9.80 Å². The number of halogens is 3. The Balaban J connectivity index is 1.34. The lowest BCUT2D eigenvalue weighted by Gasteiger charge is -2.36. The van der Waals surface area contributed by atoms with E-state index in [2.05, 4.69) is 17.0 Å². The molecule has 0 unspecified atom stereocenters. The van der Waals surface area contributed by atoms with Gasteiger partial charge in [0.1, 0.15) is 5.88 Å². The Hall–Kier alpha value is -2.63. The van der Waals surface area contributed by atoms with E-state index in [-0.39, 0.29) is 18.3 Å². The van der Waals surface area contributed by atoms with Crippen molar-refractivity contribution in [1.82, 2.24) is 14.1 Å². The normalized spacial score (nSPS) is 17.4. The fourth-order valence-corrected chi connectivity index (χ4v) is 5.89. The second kappa shape index (κ2) is 10.4. The van der Waals surface area contributed by atoms with E-state index in [1.165, 1.54) is 29.0 Å². The number of hydrogen-bond donors (Lipinski definition) is 0. The molecule has 7 nitrogen and oxygen atoms in total. The van der Waals surface area contributed by atoms with E-state index in [9.17, 15) is 26.4 Å². The third kappa shape index (κ3) is 6.19. The fourth-order valence-electron chi connectivity index (χ4n) is 4.67. The molecule has 0 aromatic heterocycles. The highest BCUT2D eigenvalue weighted by molar-refractivity contribution is 7.88. The van der Waals surface area contributed by atoms with Crippen LogP contribution >= 0.6 is 0 Å². The Bertz CT molecular complexity index is 1190. The number of sulfonamides is 1. The van der Waals surface area contributed by atoms with Gasteiger partial charge in [-0.25, -0.2) is 8.42 Å². The fraction of sp³-hybridized carbons (Fsp3) is 0.480. The molecular formula is C25H31F3N4O3S. The number of carbonyl (C=O) groups excluding carboxylic acids is 1. The summed E-state index contributed by atoms with van der Waals surface area (Å²) < 4.78 is 65.4. The minimum absolute atomic E-state index is 0.00511. The van der Waals surface area contributed by atoms with Crippen LogP contribution in [0.5, 0.6) is 0 Å². The van der Waals surface area contributed by atoms with Crippen LogP contribution in [0, 0.1) is 0 Å². The monoisotopic (exact) mass is 524 g/mol. The van der Waals surface area contributed by atoms with Crippen LogP contribution in [0.4, 0.5) is 18.9 Å². The first kappa shape index (κ1) is 26.4. The van der Waals surface area contributed by atoms with Crippen LogP contribution in [-0.2, 0) is 40.5 Å². The number of nitrogens with zero attached hydrogens (tertiary/aromatic N) is 4. The third-order valence-corrected chi connectivity index (χ3v) is 8.65. The molecule has 2 heterocycles. The van der Waals surface area contributed by atoms with Crippen LogP contribution in [0.2, 0.25) is 0 Å². The van der Waals surface area contributed by atoms with Crippen molar-refractivity contribution in [2.24, 2.45) is 0 Å². The van der Waals surface area contributed by atoms with Crippen molar-refractivity contribution in [1.29, 1.82) is 0 Å². The molecule has 2 aliphatic rings. The molecule has 2 aliphatic heterocycles. The van der Waals surface area contributed by atoms with Crippen LogP contribution < -0.4 is 4.90 Å². The van der Waals surface area contributed by atoms with E-state index in [0.717, 1.165) is 42.9 Å². The molecule has 4 rings (SSSR count). The summed E-state index contributed by atoms with van der Waals surface area (Å²) in [5, 5.41) is 0. The molecule has 2 aromatic rings. The van der Waals surface area contributed by atoms with Crippen LogP contribution in [0.3, 0.4) is 0 Å².